The summed E-state index contributed by atoms with van der Waals surface area (Å²) in [6.45, 7) is 4.84. The van der Waals surface area contributed by atoms with Gasteiger partial charge in [0.1, 0.15) is 11.1 Å². The summed E-state index contributed by atoms with van der Waals surface area (Å²) in [4.78, 5) is 36.7. The molecule has 0 aromatic heterocycles. The Labute approximate surface area is 120 Å². The number of nitrogens with one attached hydrogen (secondary N) is 1. The van der Waals surface area contributed by atoms with E-state index in [2.05, 4.69) is 0 Å². The molecule has 2 aliphatic rings. The highest BCUT2D eigenvalue weighted by Gasteiger charge is 2.60. The summed E-state index contributed by atoms with van der Waals surface area (Å²) in [6.07, 6.45) is -2.62. The van der Waals surface area contributed by atoms with Gasteiger partial charge >= 0.3 is 12.1 Å². The first-order valence-corrected chi connectivity index (χ1v) is 6.73. The van der Waals surface area contributed by atoms with Gasteiger partial charge in [0.25, 0.3) is 5.91 Å². The zero-order valence-corrected chi connectivity index (χ0v) is 12.2. The molecule has 4 amide bonds. The highest BCUT2D eigenvalue weighted by atomic mass is 19.3. The van der Waals surface area contributed by atoms with E-state index in [0.717, 1.165) is 0 Å². The van der Waals surface area contributed by atoms with Crippen LogP contribution in [0.2, 0.25) is 0 Å². The molecule has 0 unspecified atom stereocenters. The molecule has 1 aliphatic heterocycles. The van der Waals surface area contributed by atoms with E-state index in [1.54, 1.807) is 20.8 Å². The molecule has 2 fully saturated rings. The fourth-order valence-electron chi connectivity index (χ4n) is 2.61. The quantitative estimate of drug-likeness (QED) is 0.697. The van der Waals surface area contributed by atoms with Crippen molar-refractivity contribution in [2.45, 2.75) is 63.5 Å². The van der Waals surface area contributed by atoms with Crippen LogP contribution in [0.3, 0.4) is 0 Å². The molecule has 118 valence electrons. The van der Waals surface area contributed by atoms with E-state index in [4.69, 9.17) is 4.74 Å². The van der Waals surface area contributed by atoms with Crippen molar-refractivity contribution in [1.29, 1.82) is 0 Å². The van der Waals surface area contributed by atoms with Crippen LogP contribution in [-0.4, -0.2) is 40.0 Å². The van der Waals surface area contributed by atoms with Crippen LogP contribution in [0.5, 0.6) is 0 Å². The molecule has 1 N–H and O–H groups in total. The van der Waals surface area contributed by atoms with E-state index in [0.29, 0.717) is 4.90 Å². The molecule has 0 aromatic rings. The minimum atomic E-state index is -2.88. The third-order valence-electron chi connectivity index (χ3n) is 3.66. The van der Waals surface area contributed by atoms with Crippen molar-refractivity contribution in [1.82, 2.24) is 10.2 Å². The predicted molar refractivity (Wildman–Crippen MR) is 67.8 cm³/mol. The zero-order valence-electron chi connectivity index (χ0n) is 12.2. The number of rotatable bonds is 0. The number of alkyl halides is 2. The van der Waals surface area contributed by atoms with Crippen molar-refractivity contribution < 1.29 is 27.9 Å². The Kier molecular flexibility index (Phi) is 3.46. The van der Waals surface area contributed by atoms with Gasteiger partial charge in [0.05, 0.1) is 0 Å². The fraction of sp³-hybridized carbons (Fsp3) is 0.769. The van der Waals surface area contributed by atoms with Crippen LogP contribution < -0.4 is 5.32 Å². The summed E-state index contributed by atoms with van der Waals surface area (Å²) in [5, 5.41) is 2.02. The first-order chi connectivity index (χ1) is 9.47. The van der Waals surface area contributed by atoms with Crippen LogP contribution in [0.15, 0.2) is 0 Å². The molecule has 1 saturated carbocycles. The topological polar surface area (TPSA) is 75.7 Å². The van der Waals surface area contributed by atoms with Gasteiger partial charge in [-0.2, -0.15) is 0 Å². The summed E-state index contributed by atoms with van der Waals surface area (Å²) in [6, 6.07) is -0.917. The van der Waals surface area contributed by atoms with Crippen LogP contribution in [0.1, 0.15) is 46.5 Å². The lowest BCUT2D eigenvalue weighted by Crippen LogP contribution is -2.56. The van der Waals surface area contributed by atoms with Crippen LogP contribution in [0.25, 0.3) is 0 Å². The van der Waals surface area contributed by atoms with Gasteiger partial charge in [-0.25, -0.2) is 23.3 Å². The second-order valence-corrected chi connectivity index (χ2v) is 6.46. The SMILES string of the molecule is CC(C)(C)OC(=O)N1C(=O)NC(=O)C12CCC(F)(F)CC2. The number of amides is 4. The Balaban J connectivity index is 2.28. The van der Waals surface area contributed by atoms with Gasteiger partial charge < -0.3 is 4.74 Å². The third kappa shape index (κ3) is 2.84. The van der Waals surface area contributed by atoms with E-state index in [1.807, 2.05) is 5.32 Å². The molecule has 21 heavy (non-hydrogen) atoms. The summed E-state index contributed by atoms with van der Waals surface area (Å²) >= 11 is 0. The lowest BCUT2D eigenvalue weighted by molar-refractivity contribution is -0.133. The molecule has 1 spiro atoms. The van der Waals surface area contributed by atoms with Gasteiger partial charge in [0, 0.05) is 12.8 Å². The Bertz CT molecular complexity index is 489. The van der Waals surface area contributed by atoms with Gasteiger partial charge in [0.2, 0.25) is 5.92 Å². The Morgan fingerprint density at radius 3 is 2.19 bits per heavy atom. The first-order valence-electron chi connectivity index (χ1n) is 6.73. The number of carbonyl (C=O) groups excluding carboxylic acids is 3. The van der Waals surface area contributed by atoms with Crippen molar-refractivity contribution in [2.24, 2.45) is 0 Å². The molecule has 8 heteroatoms. The maximum atomic E-state index is 13.3. The summed E-state index contributed by atoms with van der Waals surface area (Å²) in [7, 11) is 0. The van der Waals surface area contributed by atoms with Crippen molar-refractivity contribution >= 4 is 18.0 Å². The van der Waals surface area contributed by atoms with Gasteiger partial charge in [0.15, 0.2) is 0 Å². The molecule has 0 radical (unpaired) electrons. The number of carbonyl (C=O) groups is 3. The monoisotopic (exact) mass is 304 g/mol. The average Bonchev–Trinajstić information content (AvgIpc) is 2.52. The lowest BCUT2D eigenvalue weighted by atomic mass is 9.79. The second kappa shape index (κ2) is 4.64. The first kappa shape index (κ1) is 15.7. The van der Waals surface area contributed by atoms with E-state index < -0.39 is 47.9 Å². The highest BCUT2D eigenvalue weighted by molar-refractivity contribution is 6.13. The van der Waals surface area contributed by atoms with E-state index in [1.165, 1.54) is 0 Å². The average molecular weight is 304 g/mol. The second-order valence-electron chi connectivity index (χ2n) is 6.46. The maximum absolute atomic E-state index is 13.3. The number of ether oxygens (including phenoxy) is 1. The molecule has 1 aliphatic carbocycles. The standard InChI is InChI=1S/C13H18F2N2O4/c1-11(2,3)21-10(20)17-9(19)16-8(18)12(17)4-6-13(14,15)7-5-12/h4-7H2,1-3H3,(H,16,18,19). The number of imide groups is 2. The molecular weight excluding hydrogens is 286 g/mol. The molecule has 0 bridgehead atoms. The van der Waals surface area contributed by atoms with Crippen molar-refractivity contribution in [3.8, 4) is 0 Å². The molecule has 1 heterocycles. The molecular formula is C13H18F2N2O4. The van der Waals surface area contributed by atoms with Crippen LogP contribution in [0, 0.1) is 0 Å². The summed E-state index contributed by atoms with van der Waals surface area (Å²) in [5.41, 5.74) is -2.41. The Morgan fingerprint density at radius 1 is 1.19 bits per heavy atom. The van der Waals surface area contributed by atoms with Crippen LogP contribution in [-0.2, 0) is 9.53 Å². The van der Waals surface area contributed by atoms with Crippen molar-refractivity contribution in [3.05, 3.63) is 0 Å². The maximum Gasteiger partial charge on any atom is 0.419 e. The summed E-state index contributed by atoms with van der Waals surface area (Å²) < 4.78 is 31.7. The van der Waals surface area contributed by atoms with Gasteiger partial charge in [-0.1, -0.05) is 0 Å². The number of nitrogens with zero attached hydrogens (tertiary/aromatic N) is 1. The van der Waals surface area contributed by atoms with Gasteiger partial charge in [-0.3, -0.25) is 10.1 Å². The highest BCUT2D eigenvalue weighted by Crippen LogP contribution is 2.44. The van der Waals surface area contributed by atoms with E-state index >= 15 is 0 Å². The van der Waals surface area contributed by atoms with Crippen LogP contribution >= 0.6 is 0 Å². The lowest BCUT2D eigenvalue weighted by Gasteiger charge is -2.39. The molecule has 2 rings (SSSR count). The number of halogens is 2. The molecule has 0 aromatic carbocycles. The third-order valence-corrected chi connectivity index (χ3v) is 3.66. The van der Waals surface area contributed by atoms with Crippen molar-refractivity contribution in [2.75, 3.05) is 0 Å². The number of hydrogen-bond acceptors (Lipinski definition) is 4. The fourth-order valence-corrected chi connectivity index (χ4v) is 2.61. The molecule has 1 saturated heterocycles. The number of urea groups is 1. The van der Waals surface area contributed by atoms with Crippen molar-refractivity contribution in [3.63, 3.8) is 0 Å². The smallest absolute Gasteiger partial charge is 0.419 e. The van der Waals surface area contributed by atoms with E-state index in [9.17, 15) is 23.2 Å². The van der Waals surface area contributed by atoms with E-state index in [-0.39, 0.29) is 12.8 Å². The Morgan fingerprint density at radius 2 is 1.71 bits per heavy atom. The zero-order chi connectivity index (χ0) is 16.1. The minimum Gasteiger partial charge on any atom is -0.443 e. The largest absolute Gasteiger partial charge is 0.443 e. The van der Waals surface area contributed by atoms with Crippen LogP contribution in [0.4, 0.5) is 18.4 Å². The molecule has 6 nitrogen and oxygen atoms in total. The van der Waals surface area contributed by atoms with Gasteiger partial charge in [-0.05, 0) is 33.6 Å². The Hall–Kier alpha value is -1.73. The predicted octanol–water partition coefficient (Wildman–Crippen LogP) is 2.42. The number of hydrogen-bond donors (Lipinski definition) is 1. The summed E-state index contributed by atoms with van der Waals surface area (Å²) in [5.74, 6) is -3.59. The normalized spacial score (nSPS) is 24.1. The molecule has 0 atom stereocenters. The van der Waals surface area contributed by atoms with Gasteiger partial charge in [-0.15, -0.1) is 0 Å². The minimum absolute atomic E-state index is 0.267.